The van der Waals surface area contributed by atoms with Crippen LogP contribution in [0.1, 0.15) is 28.8 Å². The number of nitrogens with two attached hydrogens (primary N) is 1. The number of amides is 1. The minimum absolute atomic E-state index is 0.0506. The minimum Gasteiger partial charge on any atom is -0.497 e. The van der Waals surface area contributed by atoms with Crippen LogP contribution in [0.4, 0.5) is 11.4 Å². The van der Waals surface area contributed by atoms with Gasteiger partial charge in [-0.1, -0.05) is 12.1 Å². The standard InChI is InChI=1S/C18H19N3O4/c1-25-15-7-2-12(3-8-15)11-20(14-5-6-14)18(22)13-4-9-16(19)17(10-13)21(23)24/h2-4,7-10,14H,5-6,11,19H2,1H3. The molecular formula is C18H19N3O4. The lowest BCUT2D eigenvalue weighted by Gasteiger charge is -2.23. The van der Waals surface area contributed by atoms with Gasteiger partial charge in [-0.05, 0) is 42.7 Å². The summed E-state index contributed by atoms with van der Waals surface area (Å²) in [6.07, 6.45) is 1.89. The highest BCUT2D eigenvalue weighted by Crippen LogP contribution is 2.31. The zero-order valence-corrected chi connectivity index (χ0v) is 13.8. The predicted molar refractivity (Wildman–Crippen MR) is 93.4 cm³/mol. The van der Waals surface area contributed by atoms with Crippen molar-refractivity contribution in [1.82, 2.24) is 4.90 Å². The van der Waals surface area contributed by atoms with Crippen molar-refractivity contribution in [1.29, 1.82) is 0 Å². The van der Waals surface area contributed by atoms with Gasteiger partial charge in [0, 0.05) is 24.2 Å². The molecule has 0 radical (unpaired) electrons. The molecule has 7 nitrogen and oxygen atoms in total. The van der Waals surface area contributed by atoms with E-state index in [2.05, 4.69) is 0 Å². The van der Waals surface area contributed by atoms with Crippen molar-refractivity contribution >= 4 is 17.3 Å². The Morgan fingerprint density at radius 2 is 1.96 bits per heavy atom. The number of carbonyl (C=O) groups excluding carboxylic acids is 1. The minimum atomic E-state index is -0.572. The van der Waals surface area contributed by atoms with Crippen molar-refractivity contribution in [3.8, 4) is 5.75 Å². The van der Waals surface area contributed by atoms with Crippen molar-refractivity contribution in [2.45, 2.75) is 25.4 Å². The van der Waals surface area contributed by atoms with Crippen molar-refractivity contribution in [2.75, 3.05) is 12.8 Å². The number of anilines is 1. The summed E-state index contributed by atoms with van der Waals surface area (Å²) in [6.45, 7) is 0.450. The first-order valence-electron chi connectivity index (χ1n) is 7.97. The number of benzene rings is 2. The number of nitro groups is 1. The second-order valence-electron chi connectivity index (χ2n) is 6.04. The lowest BCUT2D eigenvalue weighted by atomic mass is 10.1. The monoisotopic (exact) mass is 341 g/mol. The first kappa shape index (κ1) is 16.8. The van der Waals surface area contributed by atoms with Crippen LogP contribution in [0.25, 0.3) is 0 Å². The third kappa shape index (κ3) is 3.71. The molecule has 0 unspecified atom stereocenters. The van der Waals surface area contributed by atoms with Crippen molar-refractivity contribution in [2.24, 2.45) is 0 Å². The van der Waals surface area contributed by atoms with Crippen LogP contribution in [-0.4, -0.2) is 28.9 Å². The van der Waals surface area contributed by atoms with Crippen LogP contribution in [0.2, 0.25) is 0 Å². The Morgan fingerprint density at radius 3 is 2.52 bits per heavy atom. The van der Waals surface area contributed by atoms with Gasteiger partial charge < -0.3 is 15.4 Å². The van der Waals surface area contributed by atoms with Crippen molar-refractivity contribution in [3.63, 3.8) is 0 Å². The second kappa shape index (κ2) is 6.80. The van der Waals surface area contributed by atoms with Crippen LogP contribution in [0.15, 0.2) is 42.5 Å². The maximum Gasteiger partial charge on any atom is 0.292 e. The van der Waals surface area contributed by atoms with Gasteiger partial charge in [0.1, 0.15) is 11.4 Å². The summed E-state index contributed by atoms with van der Waals surface area (Å²) >= 11 is 0. The number of nitrogens with zero attached hydrogens (tertiary/aromatic N) is 2. The second-order valence-corrected chi connectivity index (χ2v) is 6.04. The van der Waals surface area contributed by atoms with Crippen LogP contribution in [0, 0.1) is 10.1 Å². The third-order valence-corrected chi connectivity index (χ3v) is 4.23. The van der Waals surface area contributed by atoms with E-state index >= 15 is 0 Å². The van der Waals surface area contributed by atoms with Gasteiger partial charge in [0.15, 0.2) is 0 Å². The molecule has 0 aromatic heterocycles. The topological polar surface area (TPSA) is 98.7 Å². The molecule has 1 aliphatic rings. The molecule has 2 N–H and O–H groups in total. The number of methoxy groups -OCH3 is 1. The largest absolute Gasteiger partial charge is 0.497 e. The molecule has 130 valence electrons. The molecule has 3 rings (SSSR count). The highest BCUT2D eigenvalue weighted by Gasteiger charge is 2.33. The maximum atomic E-state index is 12.9. The predicted octanol–water partition coefficient (Wildman–Crippen LogP) is 2.99. The van der Waals surface area contributed by atoms with Gasteiger partial charge in [-0.15, -0.1) is 0 Å². The fraction of sp³-hybridized carbons (Fsp3) is 0.278. The molecule has 1 aliphatic carbocycles. The number of ether oxygens (including phenoxy) is 1. The van der Waals surface area contributed by atoms with Gasteiger partial charge in [0.25, 0.3) is 11.6 Å². The summed E-state index contributed by atoms with van der Waals surface area (Å²) in [5.74, 6) is 0.531. The Balaban J connectivity index is 1.84. The van der Waals surface area contributed by atoms with Crippen LogP contribution in [-0.2, 0) is 6.54 Å². The first-order valence-corrected chi connectivity index (χ1v) is 7.97. The average molecular weight is 341 g/mol. The molecule has 7 heteroatoms. The van der Waals surface area contributed by atoms with E-state index in [-0.39, 0.29) is 28.9 Å². The van der Waals surface area contributed by atoms with E-state index in [1.54, 1.807) is 12.0 Å². The van der Waals surface area contributed by atoms with Crippen LogP contribution >= 0.6 is 0 Å². The molecule has 25 heavy (non-hydrogen) atoms. The Kier molecular flexibility index (Phi) is 4.56. The molecule has 0 bridgehead atoms. The number of hydrogen-bond donors (Lipinski definition) is 1. The number of carbonyl (C=O) groups is 1. The van der Waals surface area contributed by atoms with E-state index in [4.69, 9.17) is 10.5 Å². The summed E-state index contributed by atoms with van der Waals surface area (Å²) in [5, 5.41) is 11.1. The number of hydrogen-bond acceptors (Lipinski definition) is 5. The highest BCUT2D eigenvalue weighted by molar-refractivity contribution is 5.96. The molecule has 2 aromatic carbocycles. The molecule has 0 atom stereocenters. The molecule has 1 saturated carbocycles. The molecule has 0 heterocycles. The maximum absolute atomic E-state index is 12.9. The summed E-state index contributed by atoms with van der Waals surface area (Å²) in [5.41, 5.74) is 6.67. The lowest BCUT2D eigenvalue weighted by molar-refractivity contribution is -0.383. The van der Waals surface area contributed by atoms with Gasteiger partial charge in [-0.25, -0.2) is 0 Å². The van der Waals surface area contributed by atoms with E-state index in [1.165, 1.54) is 18.2 Å². The first-order chi connectivity index (χ1) is 12.0. The van der Waals surface area contributed by atoms with E-state index in [0.29, 0.717) is 6.54 Å². The zero-order chi connectivity index (χ0) is 18.0. The van der Waals surface area contributed by atoms with Gasteiger partial charge in [-0.3, -0.25) is 14.9 Å². The number of rotatable bonds is 6. The Labute approximate surface area is 145 Å². The third-order valence-electron chi connectivity index (χ3n) is 4.23. The van der Waals surface area contributed by atoms with Crippen molar-refractivity contribution in [3.05, 3.63) is 63.7 Å². The number of nitro benzene ring substituents is 1. The average Bonchev–Trinajstić information content (AvgIpc) is 3.44. The summed E-state index contributed by atoms with van der Waals surface area (Å²) in [7, 11) is 1.60. The lowest BCUT2D eigenvalue weighted by Crippen LogP contribution is -2.32. The Bertz CT molecular complexity index is 800. The summed E-state index contributed by atoms with van der Waals surface area (Å²) in [6, 6.07) is 11.9. The molecule has 0 spiro atoms. The van der Waals surface area contributed by atoms with Crippen LogP contribution in [0.3, 0.4) is 0 Å². The fourth-order valence-electron chi connectivity index (χ4n) is 2.68. The summed E-state index contributed by atoms with van der Waals surface area (Å²) in [4.78, 5) is 25.1. The molecule has 1 fully saturated rings. The molecule has 0 aliphatic heterocycles. The SMILES string of the molecule is COc1ccc(CN(C(=O)c2ccc(N)c([N+](=O)[O-])c2)C2CC2)cc1. The van der Waals surface area contributed by atoms with E-state index in [0.717, 1.165) is 24.2 Å². The van der Waals surface area contributed by atoms with Crippen LogP contribution < -0.4 is 10.5 Å². The molecule has 2 aromatic rings. The van der Waals surface area contributed by atoms with Gasteiger partial charge in [0.2, 0.25) is 0 Å². The number of nitrogen functional groups attached to an aromatic ring is 1. The highest BCUT2D eigenvalue weighted by atomic mass is 16.6. The Hall–Kier alpha value is -3.09. The van der Waals surface area contributed by atoms with Gasteiger partial charge >= 0.3 is 0 Å². The van der Waals surface area contributed by atoms with E-state index < -0.39 is 4.92 Å². The quantitative estimate of drug-likeness (QED) is 0.495. The zero-order valence-electron chi connectivity index (χ0n) is 13.8. The normalized spacial score (nSPS) is 13.3. The summed E-state index contributed by atoms with van der Waals surface area (Å²) < 4.78 is 5.14. The van der Waals surface area contributed by atoms with Crippen molar-refractivity contribution < 1.29 is 14.5 Å². The molecule has 1 amide bonds. The van der Waals surface area contributed by atoms with E-state index in [9.17, 15) is 14.9 Å². The fourth-order valence-corrected chi connectivity index (χ4v) is 2.68. The van der Waals surface area contributed by atoms with Gasteiger partial charge in [-0.2, -0.15) is 0 Å². The van der Waals surface area contributed by atoms with Gasteiger partial charge in [0.05, 0.1) is 12.0 Å². The smallest absolute Gasteiger partial charge is 0.292 e. The molecular weight excluding hydrogens is 322 g/mol. The molecule has 0 saturated heterocycles. The van der Waals surface area contributed by atoms with Crippen LogP contribution in [0.5, 0.6) is 5.75 Å². The Morgan fingerprint density at radius 1 is 1.28 bits per heavy atom. The van der Waals surface area contributed by atoms with E-state index in [1.807, 2.05) is 24.3 Å².